The number of nitrogens with zero attached hydrogens (tertiary/aromatic N) is 2. The minimum Gasteiger partial charge on any atom is -0.311 e. The molecule has 2 rings (SSSR count). The lowest BCUT2D eigenvalue weighted by Gasteiger charge is -2.41. The highest BCUT2D eigenvalue weighted by molar-refractivity contribution is 4.85. The van der Waals surface area contributed by atoms with Gasteiger partial charge in [-0.25, -0.2) is 0 Å². The summed E-state index contributed by atoms with van der Waals surface area (Å²) in [6.07, 6.45) is 8.06. The fourth-order valence-corrected chi connectivity index (χ4v) is 3.71. The van der Waals surface area contributed by atoms with Gasteiger partial charge in [0.1, 0.15) is 0 Å². The quantitative estimate of drug-likeness (QED) is 0.825. The van der Waals surface area contributed by atoms with Gasteiger partial charge >= 0.3 is 0 Å². The van der Waals surface area contributed by atoms with Crippen LogP contribution in [0.1, 0.15) is 52.4 Å². The molecule has 0 bridgehead atoms. The molecule has 2 heterocycles. The Morgan fingerprint density at radius 2 is 1.68 bits per heavy atom. The maximum absolute atomic E-state index is 3.82. The number of hydrogen-bond donors (Lipinski definition) is 1. The van der Waals surface area contributed by atoms with Crippen LogP contribution in [0.4, 0.5) is 0 Å². The Hall–Kier alpha value is -0.120. The van der Waals surface area contributed by atoms with Crippen molar-refractivity contribution in [1.82, 2.24) is 15.1 Å². The topological polar surface area (TPSA) is 18.5 Å². The zero-order chi connectivity index (χ0) is 13.7. The predicted molar refractivity (Wildman–Crippen MR) is 82.6 cm³/mol. The first-order chi connectivity index (χ1) is 9.19. The Kier molecular flexibility index (Phi) is 6.11. The Bertz CT molecular complexity index is 240. The molecule has 0 saturated carbocycles. The van der Waals surface area contributed by atoms with Gasteiger partial charge in [0.2, 0.25) is 0 Å². The van der Waals surface area contributed by atoms with Crippen molar-refractivity contribution in [3.63, 3.8) is 0 Å². The molecule has 3 heteroatoms. The summed E-state index contributed by atoms with van der Waals surface area (Å²) in [4.78, 5) is 5.23. The van der Waals surface area contributed by atoms with Crippen LogP contribution >= 0.6 is 0 Å². The highest BCUT2D eigenvalue weighted by Gasteiger charge is 2.27. The van der Waals surface area contributed by atoms with Crippen LogP contribution in [0.2, 0.25) is 0 Å². The number of piperidine rings is 2. The second-order valence-electron chi connectivity index (χ2n) is 6.70. The molecule has 3 nitrogen and oxygen atoms in total. The van der Waals surface area contributed by atoms with Crippen LogP contribution in [0.15, 0.2) is 0 Å². The van der Waals surface area contributed by atoms with Crippen LogP contribution in [0.3, 0.4) is 0 Å². The van der Waals surface area contributed by atoms with Crippen LogP contribution < -0.4 is 5.32 Å². The maximum atomic E-state index is 3.82. The van der Waals surface area contributed by atoms with Crippen molar-refractivity contribution in [3.8, 4) is 0 Å². The van der Waals surface area contributed by atoms with Gasteiger partial charge in [0.25, 0.3) is 0 Å². The summed E-state index contributed by atoms with van der Waals surface area (Å²) < 4.78 is 0. The molecule has 0 radical (unpaired) electrons. The highest BCUT2D eigenvalue weighted by atomic mass is 15.2. The SMILES string of the molecule is CCC[C@@H](C)NC1CCN(C2CCN(C)CC2)CC1. The van der Waals surface area contributed by atoms with E-state index in [0.29, 0.717) is 6.04 Å². The van der Waals surface area contributed by atoms with E-state index in [0.717, 1.165) is 12.1 Å². The van der Waals surface area contributed by atoms with Gasteiger partial charge in [0.05, 0.1) is 0 Å². The fourth-order valence-electron chi connectivity index (χ4n) is 3.71. The van der Waals surface area contributed by atoms with Gasteiger partial charge < -0.3 is 15.1 Å². The van der Waals surface area contributed by atoms with E-state index in [1.54, 1.807) is 0 Å². The van der Waals surface area contributed by atoms with Crippen molar-refractivity contribution in [3.05, 3.63) is 0 Å². The van der Waals surface area contributed by atoms with Gasteiger partial charge in [-0.05, 0) is 72.3 Å². The second-order valence-corrected chi connectivity index (χ2v) is 6.70. The summed E-state index contributed by atoms with van der Waals surface area (Å²) in [6, 6.07) is 2.33. The molecule has 1 N–H and O–H groups in total. The average molecular weight is 267 g/mol. The number of hydrogen-bond acceptors (Lipinski definition) is 3. The summed E-state index contributed by atoms with van der Waals surface area (Å²) in [6.45, 7) is 9.82. The van der Waals surface area contributed by atoms with E-state index in [2.05, 4.69) is 36.0 Å². The summed E-state index contributed by atoms with van der Waals surface area (Å²) >= 11 is 0. The Balaban J connectivity index is 1.67. The summed E-state index contributed by atoms with van der Waals surface area (Å²) in [5, 5.41) is 3.82. The molecule has 0 aromatic carbocycles. The smallest absolute Gasteiger partial charge is 0.0120 e. The van der Waals surface area contributed by atoms with E-state index in [1.807, 2.05) is 0 Å². The number of rotatable bonds is 5. The minimum absolute atomic E-state index is 0.699. The average Bonchev–Trinajstić information content (AvgIpc) is 2.41. The zero-order valence-corrected chi connectivity index (χ0v) is 13.2. The van der Waals surface area contributed by atoms with Gasteiger partial charge in [-0.15, -0.1) is 0 Å². The third-order valence-electron chi connectivity index (χ3n) is 4.98. The Morgan fingerprint density at radius 1 is 1.05 bits per heavy atom. The molecule has 0 unspecified atom stereocenters. The summed E-state index contributed by atoms with van der Waals surface area (Å²) in [5.74, 6) is 0. The first kappa shape index (κ1) is 15.3. The number of likely N-dealkylation sites (tertiary alicyclic amines) is 2. The van der Waals surface area contributed by atoms with Crippen molar-refractivity contribution in [2.24, 2.45) is 0 Å². The lowest BCUT2D eigenvalue weighted by atomic mass is 9.97. The molecular formula is C16H33N3. The first-order valence-corrected chi connectivity index (χ1v) is 8.37. The second kappa shape index (κ2) is 7.61. The molecule has 2 saturated heterocycles. The van der Waals surface area contributed by atoms with Crippen LogP contribution in [-0.4, -0.2) is 61.2 Å². The molecule has 0 spiro atoms. The van der Waals surface area contributed by atoms with Crippen LogP contribution in [0, 0.1) is 0 Å². The van der Waals surface area contributed by atoms with Gasteiger partial charge in [-0.3, -0.25) is 0 Å². The van der Waals surface area contributed by atoms with Crippen LogP contribution in [0.25, 0.3) is 0 Å². The molecule has 0 aromatic rings. The molecule has 2 fully saturated rings. The van der Waals surface area contributed by atoms with Crippen LogP contribution in [0.5, 0.6) is 0 Å². The highest BCUT2D eigenvalue weighted by Crippen LogP contribution is 2.20. The molecule has 1 atom stereocenters. The Morgan fingerprint density at radius 3 is 2.26 bits per heavy atom. The molecule has 0 aliphatic carbocycles. The van der Waals surface area contributed by atoms with Gasteiger partial charge in [0.15, 0.2) is 0 Å². The molecule has 2 aliphatic heterocycles. The van der Waals surface area contributed by atoms with E-state index in [9.17, 15) is 0 Å². The van der Waals surface area contributed by atoms with Crippen LogP contribution in [-0.2, 0) is 0 Å². The normalized spacial score (nSPS) is 26.7. The van der Waals surface area contributed by atoms with Crippen molar-refractivity contribution < 1.29 is 0 Å². The predicted octanol–water partition coefficient (Wildman–Crippen LogP) is 2.32. The van der Waals surface area contributed by atoms with Gasteiger partial charge in [0, 0.05) is 18.1 Å². The summed E-state index contributed by atoms with van der Waals surface area (Å²) in [5.41, 5.74) is 0. The van der Waals surface area contributed by atoms with E-state index < -0.39 is 0 Å². The van der Waals surface area contributed by atoms with Crippen molar-refractivity contribution in [1.29, 1.82) is 0 Å². The maximum Gasteiger partial charge on any atom is 0.0120 e. The van der Waals surface area contributed by atoms with Gasteiger partial charge in [-0.2, -0.15) is 0 Å². The van der Waals surface area contributed by atoms with Crippen molar-refractivity contribution in [2.75, 3.05) is 33.2 Å². The monoisotopic (exact) mass is 267 g/mol. The van der Waals surface area contributed by atoms with Gasteiger partial charge in [-0.1, -0.05) is 13.3 Å². The molecule has 19 heavy (non-hydrogen) atoms. The molecule has 0 amide bonds. The first-order valence-electron chi connectivity index (χ1n) is 8.37. The van der Waals surface area contributed by atoms with Crippen molar-refractivity contribution in [2.45, 2.75) is 70.5 Å². The summed E-state index contributed by atoms with van der Waals surface area (Å²) in [7, 11) is 2.25. The minimum atomic E-state index is 0.699. The fraction of sp³-hybridized carbons (Fsp3) is 1.00. The molecule has 2 aliphatic rings. The van der Waals surface area contributed by atoms with E-state index in [1.165, 1.54) is 64.7 Å². The molecular weight excluding hydrogens is 234 g/mol. The molecule has 112 valence electrons. The zero-order valence-electron chi connectivity index (χ0n) is 13.2. The largest absolute Gasteiger partial charge is 0.311 e. The third-order valence-corrected chi connectivity index (χ3v) is 4.98. The lowest BCUT2D eigenvalue weighted by molar-refractivity contribution is 0.0905. The lowest BCUT2D eigenvalue weighted by Crippen LogP contribution is -2.51. The van der Waals surface area contributed by atoms with E-state index in [-0.39, 0.29) is 0 Å². The third kappa shape index (κ3) is 4.73. The molecule has 0 aromatic heterocycles. The number of nitrogens with one attached hydrogen (secondary N) is 1. The van der Waals surface area contributed by atoms with E-state index in [4.69, 9.17) is 0 Å². The van der Waals surface area contributed by atoms with E-state index >= 15 is 0 Å². The standard InChI is InChI=1S/C16H33N3/c1-4-5-14(2)17-15-6-12-19(13-7-15)16-8-10-18(3)11-9-16/h14-17H,4-13H2,1-3H3/t14-/m1/s1. The Labute approximate surface area is 119 Å². The van der Waals surface area contributed by atoms with Crippen molar-refractivity contribution >= 4 is 0 Å².